The standard InChI is InChI=1S/C14H18N6/c1-19-13-6-3-2-5-12(13)17-14(19)11-15-7-4-9-20-10-8-16-18-20/h2-3,5-6,8,10,15H,4,7,9,11H2,1H3. The molecule has 0 amide bonds. The summed E-state index contributed by atoms with van der Waals surface area (Å²) < 4.78 is 3.98. The smallest absolute Gasteiger partial charge is 0.123 e. The molecule has 0 spiro atoms. The van der Waals surface area contributed by atoms with E-state index < -0.39 is 0 Å². The maximum absolute atomic E-state index is 4.63. The van der Waals surface area contributed by atoms with Crippen molar-refractivity contribution in [2.24, 2.45) is 7.05 Å². The monoisotopic (exact) mass is 270 g/mol. The molecule has 1 aromatic carbocycles. The van der Waals surface area contributed by atoms with Gasteiger partial charge in [0.05, 0.1) is 23.8 Å². The van der Waals surface area contributed by atoms with Crippen molar-refractivity contribution in [3.8, 4) is 0 Å². The van der Waals surface area contributed by atoms with E-state index in [1.165, 1.54) is 5.52 Å². The zero-order valence-corrected chi connectivity index (χ0v) is 11.5. The highest BCUT2D eigenvalue weighted by Gasteiger charge is 2.05. The largest absolute Gasteiger partial charge is 0.330 e. The zero-order chi connectivity index (χ0) is 13.8. The molecule has 0 fully saturated rings. The number of aromatic nitrogens is 5. The number of hydrogen-bond donors (Lipinski definition) is 1. The SMILES string of the molecule is Cn1c(CNCCCn2ccnn2)nc2ccccc21. The number of benzene rings is 1. The molecule has 0 saturated heterocycles. The van der Waals surface area contributed by atoms with Gasteiger partial charge in [-0.05, 0) is 25.1 Å². The Balaban J connectivity index is 1.51. The topological polar surface area (TPSA) is 60.6 Å². The Morgan fingerprint density at radius 1 is 1.25 bits per heavy atom. The summed E-state index contributed by atoms with van der Waals surface area (Å²) in [5.41, 5.74) is 2.22. The van der Waals surface area contributed by atoms with Crippen molar-refractivity contribution < 1.29 is 0 Å². The number of fused-ring (bicyclic) bond motifs is 1. The Hall–Kier alpha value is -2.21. The van der Waals surface area contributed by atoms with Gasteiger partial charge in [-0.3, -0.25) is 4.68 Å². The highest BCUT2D eigenvalue weighted by atomic mass is 15.4. The van der Waals surface area contributed by atoms with Gasteiger partial charge in [0.1, 0.15) is 5.82 Å². The number of rotatable bonds is 6. The van der Waals surface area contributed by atoms with Crippen LogP contribution in [0.1, 0.15) is 12.2 Å². The molecule has 20 heavy (non-hydrogen) atoms. The molecule has 6 heteroatoms. The summed E-state index contributed by atoms with van der Waals surface area (Å²) in [4.78, 5) is 4.63. The first kappa shape index (κ1) is 12.8. The summed E-state index contributed by atoms with van der Waals surface area (Å²) in [6.45, 7) is 2.60. The van der Waals surface area contributed by atoms with E-state index >= 15 is 0 Å². The highest BCUT2D eigenvalue weighted by molar-refractivity contribution is 5.75. The van der Waals surface area contributed by atoms with Gasteiger partial charge in [0.15, 0.2) is 0 Å². The van der Waals surface area contributed by atoms with Crippen LogP contribution >= 0.6 is 0 Å². The fraction of sp³-hybridized carbons (Fsp3) is 0.357. The van der Waals surface area contributed by atoms with Crippen LogP contribution in [0.3, 0.4) is 0 Å². The molecule has 6 nitrogen and oxygen atoms in total. The second-order valence-corrected chi connectivity index (χ2v) is 4.77. The van der Waals surface area contributed by atoms with Crippen molar-refractivity contribution >= 4 is 11.0 Å². The van der Waals surface area contributed by atoms with Gasteiger partial charge in [0, 0.05) is 19.8 Å². The van der Waals surface area contributed by atoms with Gasteiger partial charge in [-0.25, -0.2) is 4.98 Å². The Morgan fingerprint density at radius 2 is 2.15 bits per heavy atom. The van der Waals surface area contributed by atoms with Crippen molar-refractivity contribution in [2.45, 2.75) is 19.5 Å². The van der Waals surface area contributed by atoms with E-state index in [1.807, 2.05) is 29.1 Å². The fourth-order valence-corrected chi connectivity index (χ4v) is 2.27. The molecular formula is C14H18N6. The van der Waals surface area contributed by atoms with Crippen LogP contribution in [0.2, 0.25) is 0 Å². The summed E-state index contributed by atoms with van der Waals surface area (Å²) in [5.74, 6) is 1.06. The van der Waals surface area contributed by atoms with Crippen molar-refractivity contribution in [1.82, 2.24) is 29.9 Å². The number of nitrogens with one attached hydrogen (secondary N) is 1. The van der Waals surface area contributed by atoms with Crippen LogP contribution in [-0.4, -0.2) is 31.1 Å². The quantitative estimate of drug-likeness (QED) is 0.687. The number of para-hydroxylation sites is 2. The Bertz CT molecular complexity index is 670. The van der Waals surface area contributed by atoms with Crippen molar-refractivity contribution in [3.63, 3.8) is 0 Å². The molecule has 0 aliphatic heterocycles. The second-order valence-electron chi connectivity index (χ2n) is 4.77. The van der Waals surface area contributed by atoms with Crippen LogP contribution in [0.4, 0.5) is 0 Å². The Kier molecular flexibility index (Phi) is 3.73. The predicted molar refractivity (Wildman–Crippen MR) is 77.1 cm³/mol. The van der Waals surface area contributed by atoms with E-state index in [9.17, 15) is 0 Å². The highest BCUT2D eigenvalue weighted by Crippen LogP contribution is 2.13. The van der Waals surface area contributed by atoms with Gasteiger partial charge in [-0.15, -0.1) is 5.10 Å². The number of aryl methyl sites for hydroxylation is 2. The first-order valence-electron chi connectivity index (χ1n) is 6.80. The first-order valence-corrected chi connectivity index (χ1v) is 6.80. The lowest BCUT2D eigenvalue weighted by atomic mass is 10.3. The molecule has 2 heterocycles. The van der Waals surface area contributed by atoms with E-state index in [0.717, 1.165) is 37.4 Å². The zero-order valence-electron chi connectivity index (χ0n) is 11.5. The second kappa shape index (κ2) is 5.83. The minimum atomic E-state index is 0.780. The van der Waals surface area contributed by atoms with Crippen LogP contribution in [0.25, 0.3) is 11.0 Å². The minimum Gasteiger partial charge on any atom is -0.330 e. The van der Waals surface area contributed by atoms with Crippen LogP contribution in [0.5, 0.6) is 0 Å². The Labute approximate surface area is 117 Å². The molecule has 3 rings (SSSR count). The van der Waals surface area contributed by atoms with Crippen molar-refractivity contribution in [3.05, 3.63) is 42.5 Å². The molecule has 0 atom stereocenters. The average molecular weight is 270 g/mol. The lowest BCUT2D eigenvalue weighted by Gasteiger charge is -2.05. The number of imidazole rings is 1. The minimum absolute atomic E-state index is 0.780. The summed E-state index contributed by atoms with van der Waals surface area (Å²) >= 11 is 0. The lowest BCUT2D eigenvalue weighted by molar-refractivity contribution is 0.524. The third-order valence-electron chi connectivity index (χ3n) is 3.38. The van der Waals surface area contributed by atoms with Gasteiger partial charge >= 0.3 is 0 Å². The third kappa shape index (κ3) is 2.70. The lowest BCUT2D eigenvalue weighted by Crippen LogP contribution is -2.19. The van der Waals surface area contributed by atoms with E-state index in [-0.39, 0.29) is 0 Å². The number of nitrogens with zero attached hydrogens (tertiary/aromatic N) is 5. The van der Waals surface area contributed by atoms with Crippen molar-refractivity contribution in [1.29, 1.82) is 0 Å². The van der Waals surface area contributed by atoms with Crippen LogP contribution in [0.15, 0.2) is 36.7 Å². The van der Waals surface area contributed by atoms with E-state index in [2.05, 4.69) is 38.3 Å². The molecule has 0 aliphatic carbocycles. The van der Waals surface area contributed by atoms with Gasteiger partial charge in [-0.1, -0.05) is 17.3 Å². The molecule has 0 saturated carbocycles. The van der Waals surface area contributed by atoms with E-state index in [0.29, 0.717) is 0 Å². The van der Waals surface area contributed by atoms with Gasteiger partial charge in [-0.2, -0.15) is 0 Å². The van der Waals surface area contributed by atoms with E-state index in [4.69, 9.17) is 0 Å². The van der Waals surface area contributed by atoms with Gasteiger partial charge < -0.3 is 9.88 Å². The molecule has 0 bridgehead atoms. The van der Waals surface area contributed by atoms with Gasteiger partial charge in [0.2, 0.25) is 0 Å². The molecule has 0 radical (unpaired) electrons. The molecule has 3 aromatic rings. The maximum Gasteiger partial charge on any atom is 0.123 e. The third-order valence-corrected chi connectivity index (χ3v) is 3.38. The molecule has 0 aliphatic rings. The summed E-state index contributed by atoms with van der Waals surface area (Å²) in [7, 11) is 2.06. The molecule has 1 N–H and O–H groups in total. The Morgan fingerprint density at radius 3 is 2.95 bits per heavy atom. The number of hydrogen-bond acceptors (Lipinski definition) is 4. The first-order chi connectivity index (χ1) is 9.84. The van der Waals surface area contributed by atoms with Crippen LogP contribution in [0, 0.1) is 0 Å². The average Bonchev–Trinajstić information content (AvgIpc) is 3.08. The summed E-state index contributed by atoms with van der Waals surface area (Å²) in [6.07, 6.45) is 4.60. The molecule has 2 aromatic heterocycles. The van der Waals surface area contributed by atoms with Crippen molar-refractivity contribution in [2.75, 3.05) is 6.54 Å². The summed E-state index contributed by atoms with van der Waals surface area (Å²) in [6, 6.07) is 8.20. The fourth-order valence-electron chi connectivity index (χ4n) is 2.27. The predicted octanol–water partition coefficient (Wildman–Crippen LogP) is 1.34. The molecule has 0 unspecified atom stereocenters. The molecular weight excluding hydrogens is 252 g/mol. The summed E-state index contributed by atoms with van der Waals surface area (Å²) in [5, 5.41) is 11.1. The van der Waals surface area contributed by atoms with Gasteiger partial charge in [0.25, 0.3) is 0 Å². The normalized spacial score (nSPS) is 11.2. The van der Waals surface area contributed by atoms with E-state index in [1.54, 1.807) is 6.20 Å². The molecule has 104 valence electrons. The maximum atomic E-state index is 4.63. The van der Waals surface area contributed by atoms with Crippen LogP contribution in [-0.2, 0) is 20.1 Å². The van der Waals surface area contributed by atoms with Crippen LogP contribution < -0.4 is 5.32 Å².